The number of rotatable bonds is 1. The third-order valence-electron chi connectivity index (χ3n) is 3.57. The minimum Gasteiger partial charge on any atom is -0.508 e. The third-order valence-corrected chi connectivity index (χ3v) is 3.57. The number of fused-ring (bicyclic) bond motifs is 1. The molecule has 0 amide bonds. The highest BCUT2D eigenvalue weighted by atomic mass is 16.5. The van der Waals surface area contributed by atoms with Crippen LogP contribution in [0.25, 0.3) is 0 Å². The van der Waals surface area contributed by atoms with E-state index in [2.05, 4.69) is 11.8 Å². The predicted molar refractivity (Wildman–Crippen MR) is 63.3 cm³/mol. The van der Waals surface area contributed by atoms with Crippen LogP contribution in [0.1, 0.15) is 18.5 Å². The van der Waals surface area contributed by atoms with Crippen LogP contribution in [0.5, 0.6) is 11.5 Å². The van der Waals surface area contributed by atoms with Gasteiger partial charge in [0.05, 0.1) is 19.3 Å². The quantitative estimate of drug-likeness (QED) is 0.802. The molecule has 1 aromatic carbocycles. The van der Waals surface area contributed by atoms with E-state index < -0.39 is 0 Å². The standard InChI is InChI=1S/C13H17NO3/c1-9-7-16-5-4-14(9)12-8-17-13-6-10(15)2-3-11(12)13/h2-3,6,9,12,15H,4-5,7-8H2,1H3. The minimum atomic E-state index is 0.263. The highest BCUT2D eigenvalue weighted by Gasteiger charge is 2.33. The van der Waals surface area contributed by atoms with Crippen LogP contribution in [0.3, 0.4) is 0 Å². The van der Waals surface area contributed by atoms with Crippen LogP contribution in [0.2, 0.25) is 0 Å². The third kappa shape index (κ3) is 1.87. The first-order valence-corrected chi connectivity index (χ1v) is 6.05. The maximum absolute atomic E-state index is 9.43. The first-order chi connectivity index (χ1) is 8.25. The molecule has 4 heteroatoms. The van der Waals surface area contributed by atoms with Crippen molar-refractivity contribution in [2.45, 2.75) is 19.0 Å². The molecule has 17 heavy (non-hydrogen) atoms. The zero-order chi connectivity index (χ0) is 11.8. The molecular weight excluding hydrogens is 218 g/mol. The van der Waals surface area contributed by atoms with Crippen LogP contribution in [0, 0.1) is 0 Å². The first-order valence-electron chi connectivity index (χ1n) is 6.05. The van der Waals surface area contributed by atoms with Gasteiger partial charge in [0.15, 0.2) is 0 Å². The van der Waals surface area contributed by atoms with E-state index >= 15 is 0 Å². The summed E-state index contributed by atoms with van der Waals surface area (Å²) in [7, 11) is 0. The summed E-state index contributed by atoms with van der Waals surface area (Å²) in [6.07, 6.45) is 0. The summed E-state index contributed by atoms with van der Waals surface area (Å²) in [5, 5.41) is 9.43. The van der Waals surface area contributed by atoms with Crippen molar-refractivity contribution in [3.05, 3.63) is 23.8 Å². The van der Waals surface area contributed by atoms with Crippen LogP contribution in [0.15, 0.2) is 18.2 Å². The van der Waals surface area contributed by atoms with Crippen molar-refractivity contribution in [1.29, 1.82) is 0 Å². The average molecular weight is 235 g/mol. The fraction of sp³-hybridized carbons (Fsp3) is 0.538. The summed E-state index contributed by atoms with van der Waals surface area (Å²) >= 11 is 0. The number of phenols is 1. The van der Waals surface area contributed by atoms with Crippen molar-refractivity contribution in [2.24, 2.45) is 0 Å². The molecule has 4 nitrogen and oxygen atoms in total. The number of hydrogen-bond acceptors (Lipinski definition) is 4. The second kappa shape index (κ2) is 4.20. The molecule has 2 aliphatic heterocycles. The molecule has 0 saturated carbocycles. The van der Waals surface area contributed by atoms with E-state index in [1.54, 1.807) is 12.1 Å². The Balaban J connectivity index is 1.87. The number of aromatic hydroxyl groups is 1. The van der Waals surface area contributed by atoms with Crippen molar-refractivity contribution in [3.63, 3.8) is 0 Å². The first kappa shape index (κ1) is 10.9. The second-order valence-electron chi connectivity index (χ2n) is 4.71. The van der Waals surface area contributed by atoms with E-state index in [-0.39, 0.29) is 5.75 Å². The second-order valence-corrected chi connectivity index (χ2v) is 4.71. The maximum atomic E-state index is 9.43. The number of phenolic OH excluding ortho intramolecular Hbond substituents is 1. The van der Waals surface area contributed by atoms with Crippen LogP contribution >= 0.6 is 0 Å². The van der Waals surface area contributed by atoms with Crippen molar-refractivity contribution in [3.8, 4) is 11.5 Å². The van der Waals surface area contributed by atoms with Crippen molar-refractivity contribution in [1.82, 2.24) is 4.90 Å². The van der Waals surface area contributed by atoms with Crippen LogP contribution < -0.4 is 4.74 Å². The lowest BCUT2D eigenvalue weighted by atomic mass is 10.0. The molecule has 0 spiro atoms. The average Bonchev–Trinajstić information content (AvgIpc) is 2.72. The molecule has 1 saturated heterocycles. The highest BCUT2D eigenvalue weighted by molar-refractivity contribution is 5.44. The van der Waals surface area contributed by atoms with Gasteiger partial charge in [0.2, 0.25) is 0 Å². The predicted octanol–water partition coefficient (Wildman–Crippen LogP) is 1.55. The molecule has 2 atom stereocenters. The number of ether oxygens (including phenoxy) is 2. The Morgan fingerprint density at radius 1 is 1.35 bits per heavy atom. The molecule has 0 bridgehead atoms. The summed E-state index contributed by atoms with van der Waals surface area (Å²) in [6, 6.07) is 6.10. The molecule has 1 aromatic rings. The number of hydrogen-bond donors (Lipinski definition) is 1. The summed E-state index contributed by atoms with van der Waals surface area (Å²) in [6.45, 7) is 5.36. The topological polar surface area (TPSA) is 41.9 Å². The van der Waals surface area contributed by atoms with E-state index in [9.17, 15) is 5.11 Å². The van der Waals surface area contributed by atoms with Crippen molar-refractivity contribution in [2.75, 3.05) is 26.4 Å². The fourth-order valence-electron chi connectivity index (χ4n) is 2.66. The normalized spacial score (nSPS) is 28.8. The minimum absolute atomic E-state index is 0.263. The number of benzene rings is 1. The Kier molecular flexibility index (Phi) is 2.68. The summed E-state index contributed by atoms with van der Waals surface area (Å²) in [4.78, 5) is 2.42. The number of nitrogens with zero attached hydrogens (tertiary/aromatic N) is 1. The molecule has 1 N–H and O–H groups in total. The Labute approximate surface area is 101 Å². The zero-order valence-electron chi connectivity index (χ0n) is 9.93. The van der Waals surface area contributed by atoms with Gasteiger partial charge in [-0.05, 0) is 19.1 Å². The van der Waals surface area contributed by atoms with E-state index in [1.165, 1.54) is 5.56 Å². The molecule has 0 aromatic heterocycles. The molecule has 3 rings (SSSR count). The molecule has 0 radical (unpaired) electrons. The van der Waals surface area contributed by atoms with Gasteiger partial charge in [0, 0.05) is 24.2 Å². The summed E-state index contributed by atoms with van der Waals surface area (Å²) < 4.78 is 11.1. The lowest BCUT2D eigenvalue weighted by Gasteiger charge is -2.37. The molecule has 0 aliphatic carbocycles. The van der Waals surface area contributed by atoms with Gasteiger partial charge in [-0.25, -0.2) is 0 Å². The van der Waals surface area contributed by atoms with Gasteiger partial charge in [0.25, 0.3) is 0 Å². The Morgan fingerprint density at radius 3 is 3.06 bits per heavy atom. The molecular formula is C13H17NO3. The van der Waals surface area contributed by atoms with Crippen LogP contribution in [0.4, 0.5) is 0 Å². The number of morpholine rings is 1. The van der Waals surface area contributed by atoms with Crippen LogP contribution in [-0.2, 0) is 4.74 Å². The Morgan fingerprint density at radius 2 is 2.24 bits per heavy atom. The van der Waals surface area contributed by atoms with Gasteiger partial charge in [-0.15, -0.1) is 0 Å². The van der Waals surface area contributed by atoms with E-state index in [0.29, 0.717) is 18.7 Å². The Bertz CT molecular complexity index is 421. The highest BCUT2D eigenvalue weighted by Crippen LogP contribution is 2.39. The van der Waals surface area contributed by atoms with Gasteiger partial charge in [-0.1, -0.05) is 0 Å². The molecule has 2 aliphatic rings. The largest absolute Gasteiger partial charge is 0.508 e. The van der Waals surface area contributed by atoms with Gasteiger partial charge in [0.1, 0.15) is 18.1 Å². The van der Waals surface area contributed by atoms with Gasteiger partial charge < -0.3 is 14.6 Å². The zero-order valence-corrected chi connectivity index (χ0v) is 9.93. The molecule has 92 valence electrons. The van der Waals surface area contributed by atoms with Crippen molar-refractivity contribution < 1.29 is 14.6 Å². The lowest BCUT2D eigenvalue weighted by molar-refractivity contribution is -0.0259. The van der Waals surface area contributed by atoms with Crippen LogP contribution in [-0.4, -0.2) is 42.4 Å². The molecule has 2 unspecified atom stereocenters. The van der Waals surface area contributed by atoms with Gasteiger partial charge >= 0.3 is 0 Å². The smallest absolute Gasteiger partial charge is 0.127 e. The Hall–Kier alpha value is -1.26. The maximum Gasteiger partial charge on any atom is 0.127 e. The van der Waals surface area contributed by atoms with E-state index in [4.69, 9.17) is 9.47 Å². The SMILES string of the molecule is CC1COCCN1C1COc2cc(O)ccc21. The lowest BCUT2D eigenvalue weighted by Crippen LogP contribution is -2.46. The molecule has 2 heterocycles. The molecule has 1 fully saturated rings. The van der Waals surface area contributed by atoms with Gasteiger partial charge in [-0.2, -0.15) is 0 Å². The van der Waals surface area contributed by atoms with Gasteiger partial charge in [-0.3, -0.25) is 4.90 Å². The summed E-state index contributed by atoms with van der Waals surface area (Å²) in [5.74, 6) is 1.08. The summed E-state index contributed by atoms with van der Waals surface area (Å²) in [5.41, 5.74) is 1.18. The van der Waals surface area contributed by atoms with E-state index in [0.717, 1.165) is 25.5 Å². The van der Waals surface area contributed by atoms with E-state index in [1.807, 2.05) is 6.07 Å². The van der Waals surface area contributed by atoms with Crippen molar-refractivity contribution >= 4 is 0 Å². The monoisotopic (exact) mass is 235 g/mol. The fourth-order valence-corrected chi connectivity index (χ4v) is 2.66.